The highest BCUT2D eigenvalue weighted by Gasteiger charge is 2.14. The summed E-state index contributed by atoms with van der Waals surface area (Å²) in [5.74, 6) is -1.10. The standard InChI is InChI=1S/C14H9Br2ClF2/c15-12(11-4-2-9(17)6-13(11)16)5-8-1-3-10(18)7-14(8)19/h1-4,6-7,12H,5H2. The van der Waals surface area contributed by atoms with E-state index in [-0.39, 0.29) is 4.83 Å². The van der Waals surface area contributed by atoms with Gasteiger partial charge in [-0.3, -0.25) is 0 Å². The van der Waals surface area contributed by atoms with Crippen molar-refractivity contribution in [3.05, 3.63) is 68.7 Å². The summed E-state index contributed by atoms with van der Waals surface area (Å²) in [4.78, 5) is -0.0842. The molecule has 0 fully saturated rings. The Morgan fingerprint density at radius 3 is 2.47 bits per heavy atom. The van der Waals surface area contributed by atoms with E-state index in [9.17, 15) is 8.78 Å². The van der Waals surface area contributed by atoms with Crippen molar-refractivity contribution in [3.63, 3.8) is 0 Å². The monoisotopic (exact) mass is 408 g/mol. The van der Waals surface area contributed by atoms with Crippen LogP contribution < -0.4 is 0 Å². The van der Waals surface area contributed by atoms with Crippen molar-refractivity contribution in [1.29, 1.82) is 0 Å². The van der Waals surface area contributed by atoms with Crippen molar-refractivity contribution in [2.45, 2.75) is 11.2 Å². The van der Waals surface area contributed by atoms with Gasteiger partial charge in [-0.1, -0.05) is 55.6 Å². The lowest BCUT2D eigenvalue weighted by Crippen LogP contribution is -1.99. The van der Waals surface area contributed by atoms with Crippen LogP contribution in [0.3, 0.4) is 0 Å². The number of benzene rings is 2. The molecule has 0 spiro atoms. The summed E-state index contributed by atoms with van der Waals surface area (Å²) < 4.78 is 27.3. The molecule has 0 aromatic heterocycles. The molecule has 0 amide bonds. The van der Waals surface area contributed by atoms with Crippen LogP contribution in [0.1, 0.15) is 16.0 Å². The molecule has 5 heteroatoms. The van der Waals surface area contributed by atoms with Gasteiger partial charge in [0, 0.05) is 20.4 Å². The van der Waals surface area contributed by atoms with E-state index in [1.165, 1.54) is 12.1 Å². The van der Waals surface area contributed by atoms with Crippen molar-refractivity contribution in [1.82, 2.24) is 0 Å². The Labute approximate surface area is 132 Å². The molecule has 0 saturated heterocycles. The maximum absolute atomic E-state index is 13.6. The lowest BCUT2D eigenvalue weighted by atomic mass is 10.0. The number of rotatable bonds is 3. The zero-order valence-corrected chi connectivity index (χ0v) is 13.6. The van der Waals surface area contributed by atoms with E-state index in [2.05, 4.69) is 31.9 Å². The maximum atomic E-state index is 13.6. The summed E-state index contributed by atoms with van der Waals surface area (Å²) in [6.07, 6.45) is 0.423. The second-order valence-corrected chi connectivity index (χ2v) is 6.47. The van der Waals surface area contributed by atoms with E-state index in [1.807, 2.05) is 6.07 Å². The fourth-order valence-corrected chi connectivity index (χ4v) is 3.76. The van der Waals surface area contributed by atoms with Gasteiger partial charge in [0.1, 0.15) is 11.6 Å². The third kappa shape index (κ3) is 3.77. The van der Waals surface area contributed by atoms with Gasteiger partial charge in [-0.2, -0.15) is 0 Å². The van der Waals surface area contributed by atoms with E-state index < -0.39 is 11.6 Å². The number of alkyl halides is 1. The Morgan fingerprint density at radius 2 is 1.84 bits per heavy atom. The van der Waals surface area contributed by atoms with E-state index >= 15 is 0 Å². The van der Waals surface area contributed by atoms with Crippen molar-refractivity contribution >= 4 is 43.5 Å². The topological polar surface area (TPSA) is 0 Å². The van der Waals surface area contributed by atoms with Crippen molar-refractivity contribution in [2.24, 2.45) is 0 Å². The van der Waals surface area contributed by atoms with Gasteiger partial charge in [-0.15, -0.1) is 0 Å². The van der Waals surface area contributed by atoms with Gasteiger partial charge in [0.25, 0.3) is 0 Å². The van der Waals surface area contributed by atoms with Gasteiger partial charge in [-0.25, -0.2) is 8.78 Å². The number of hydrogen-bond acceptors (Lipinski definition) is 0. The lowest BCUT2D eigenvalue weighted by Gasteiger charge is -2.13. The first-order valence-corrected chi connectivity index (χ1v) is 7.59. The summed E-state index contributed by atoms with van der Waals surface area (Å²) in [6, 6.07) is 9.04. The summed E-state index contributed by atoms with van der Waals surface area (Å²) in [6.45, 7) is 0. The van der Waals surface area contributed by atoms with Gasteiger partial charge in [0.15, 0.2) is 0 Å². The van der Waals surface area contributed by atoms with Crippen LogP contribution in [0.5, 0.6) is 0 Å². The van der Waals surface area contributed by atoms with Gasteiger partial charge >= 0.3 is 0 Å². The molecule has 1 unspecified atom stereocenters. The minimum Gasteiger partial charge on any atom is -0.207 e. The second-order valence-electron chi connectivity index (χ2n) is 4.07. The molecule has 2 rings (SSSR count). The minimum atomic E-state index is -0.569. The van der Waals surface area contributed by atoms with Gasteiger partial charge in [0.2, 0.25) is 0 Å². The Morgan fingerprint density at radius 1 is 1.11 bits per heavy atom. The zero-order chi connectivity index (χ0) is 14.0. The van der Waals surface area contributed by atoms with Crippen LogP contribution in [0, 0.1) is 11.6 Å². The second kappa shape index (κ2) is 6.33. The molecule has 0 aliphatic heterocycles. The molecule has 2 aromatic rings. The molecule has 0 saturated carbocycles. The first-order chi connectivity index (χ1) is 8.97. The van der Waals surface area contributed by atoms with Crippen LogP contribution >= 0.6 is 43.5 Å². The van der Waals surface area contributed by atoms with Gasteiger partial charge in [0.05, 0.1) is 0 Å². The average molecular weight is 410 g/mol. The van der Waals surface area contributed by atoms with E-state index in [4.69, 9.17) is 11.6 Å². The molecule has 2 aromatic carbocycles. The molecule has 19 heavy (non-hydrogen) atoms. The summed E-state index contributed by atoms with van der Waals surface area (Å²) in [5.41, 5.74) is 1.43. The number of hydrogen-bond donors (Lipinski definition) is 0. The molecule has 0 heterocycles. The third-order valence-electron chi connectivity index (χ3n) is 2.71. The predicted molar refractivity (Wildman–Crippen MR) is 80.9 cm³/mol. The van der Waals surface area contributed by atoms with Crippen LogP contribution in [0.2, 0.25) is 5.02 Å². The Hall–Kier alpha value is -0.450. The average Bonchev–Trinajstić information content (AvgIpc) is 2.32. The molecule has 0 N–H and O–H groups in total. The fraction of sp³-hybridized carbons (Fsp3) is 0.143. The lowest BCUT2D eigenvalue weighted by molar-refractivity contribution is 0.571. The van der Waals surface area contributed by atoms with Gasteiger partial charge < -0.3 is 0 Å². The molecule has 0 nitrogen and oxygen atoms in total. The Kier molecular flexibility index (Phi) is 4.98. The smallest absolute Gasteiger partial charge is 0.129 e. The van der Waals surface area contributed by atoms with Crippen LogP contribution in [0.25, 0.3) is 0 Å². The van der Waals surface area contributed by atoms with Crippen LogP contribution in [0.4, 0.5) is 8.78 Å². The molecule has 0 aliphatic carbocycles. The Balaban J connectivity index is 2.23. The van der Waals surface area contributed by atoms with E-state index in [1.54, 1.807) is 12.1 Å². The summed E-state index contributed by atoms with van der Waals surface area (Å²) in [7, 11) is 0. The van der Waals surface area contributed by atoms with Crippen LogP contribution in [0.15, 0.2) is 40.9 Å². The van der Waals surface area contributed by atoms with E-state index in [0.29, 0.717) is 17.0 Å². The molecular formula is C14H9Br2ClF2. The summed E-state index contributed by atoms with van der Waals surface area (Å²) >= 11 is 12.8. The quantitative estimate of drug-likeness (QED) is 0.540. The number of halogens is 5. The highest BCUT2D eigenvalue weighted by atomic mass is 79.9. The van der Waals surface area contributed by atoms with E-state index in [0.717, 1.165) is 16.1 Å². The molecule has 1 atom stereocenters. The molecule has 0 aliphatic rings. The highest BCUT2D eigenvalue weighted by molar-refractivity contribution is 9.11. The molecule has 0 radical (unpaired) electrons. The SMILES string of the molecule is Fc1ccc(CC(Br)c2ccc(Cl)cc2Br)c(F)c1. The molecule has 0 bridgehead atoms. The first-order valence-electron chi connectivity index (χ1n) is 5.50. The van der Waals surface area contributed by atoms with Crippen LogP contribution in [-0.2, 0) is 6.42 Å². The maximum Gasteiger partial charge on any atom is 0.129 e. The highest BCUT2D eigenvalue weighted by Crippen LogP contribution is 2.34. The van der Waals surface area contributed by atoms with Crippen molar-refractivity contribution < 1.29 is 8.78 Å². The molecule has 100 valence electrons. The third-order valence-corrected chi connectivity index (χ3v) is 4.45. The first kappa shape index (κ1) is 14.9. The minimum absolute atomic E-state index is 0.0842. The fourth-order valence-electron chi connectivity index (χ4n) is 1.75. The predicted octanol–water partition coefficient (Wildman–Crippen LogP) is 6.06. The van der Waals surface area contributed by atoms with Crippen molar-refractivity contribution in [3.8, 4) is 0 Å². The Bertz CT molecular complexity index is 602. The molecular weight excluding hydrogens is 401 g/mol. The van der Waals surface area contributed by atoms with Gasteiger partial charge in [-0.05, 0) is 35.7 Å². The summed E-state index contributed by atoms with van der Waals surface area (Å²) in [5, 5.41) is 0.628. The zero-order valence-electron chi connectivity index (χ0n) is 9.64. The normalized spacial score (nSPS) is 12.5. The van der Waals surface area contributed by atoms with Crippen molar-refractivity contribution in [2.75, 3.05) is 0 Å². The van der Waals surface area contributed by atoms with Crippen LogP contribution in [-0.4, -0.2) is 0 Å². The largest absolute Gasteiger partial charge is 0.207 e.